The SMILES string of the molecule is CCCCC(CC)CN1CC(C)NCC1C(C)C. The lowest BCUT2D eigenvalue weighted by molar-refractivity contribution is 0.0823. The molecule has 0 aromatic heterocycles. The third kappa shape index (κ3) is 4.89. The van der Waals surface area contributed by atoms with Gasteiger partial charge in [-0.05, 0) is 25.2 Å². The molecule has 0 aromatic rings. The van der Waals surface area contributed by atoms with E-state index in [1.807, 2.05) is 0 Å². The van der Waals surface area contributed by atoms with Crippen molar-refractivity contribution in [3.05, 3.63) is 0 Å². The molecule has 1 aliphatic heterocycles. The Labute approximate surface area is 115 Å². The summed E-state index contributed by atoms with van der Waals surface area (Å²) < 4.78 is 0. The van der Waals surface area contributed by atoms with Crippen LogP contribution in [0.25, 0.3) is 0 Å². The molecule has 0 spiro atoms. The molecule has 0 bridgehead atoms. The minimum absolute atomic E-state index is 0.656. The average Bonchev–Trinajstić information content (AvgIpc) is 2.34. The number of nitrogens with zero attached hydrogens (tertiary/aromatic N) is 1. The molecule has 1 aliphatic rings. The maximum absolute atomic E-state index is 3.64. The normalized spacial score (nSPS) is 27.7. The molecule has 2 heteroatoms. The molecule has 18 heavy (non-hydrogen) atoms. The van der Waals surface area contributed by atoms with E-state index in [1.54, 1.807) is 0 Å². The molecule has 1 saturated heterocycles. The van der Waals surface area contributed by atoms with Crippen molar-refractivity contribution in [1.82, 2.24) is 10.2 Å². The van der Waals surface area contributed by atoms with Gasteiger partial charge < -0.3 is 5.32 Å². The zero-order valence-corrected chi connectivity index (χ0v) is 13.2. The van der Waals surface area contributed by atoms with Crippen LogP contribution in [0, 0.1) is 11.8 Å². The van der Waals surface area contributed by atoms with E-state index in [1.165, 1.54) is 45.3 Å². The monoisotopic (exact) mass is 254 g/mol. The topological polar surface area (TPSA) is 15.3 Å². The summed E-state index contributed by atoms with van der Waals surface area (Å²) in [6.07, 6.45) is 5.48. The van der Waals surface area contributed by atoms with Crippen molar-refractivity contribution in [2.75, 3.05) is 19.6 Å². The number of hydrogen-bond acceptors (Lipinski definition) is 2. The zero-order chi connectivity index (χ0) is 13.5. The highest BCUT2D eigenvalue weighted by molar-refractivity contribution is 4.86. The van der Waals surface area contributed by atoms with Gasteiger partial charge in [0.1, 0.15) is 0 Å². The Morgan fingerprint density at radius 1 is 1.28 bits per heavy atom. The smallest absolute Gasteiger partial charge is 0.0244 e. The lowest BCUT2D eigenvalue weighted by Gasteiger charge is -2.43. The van der Waals surface area contributed by atoms with E-state index in [0.717, 1.165) is 17.9 Å². The lowest BCUT2D eigenvalue weighted by atomic mass is 9.94. The average molecular weight is 254 g/mol. The Balaban J connectivity index is 2.52. The van der Waals surface area contributed by atoms with Crippen molar-refractivity contribution in [2.24, 2.45) is 11.8 Å². The van der Waals surface area contributed by atoms with Gasteiger partial charge in [0.25, 0.3) is 0 Å². The van der Waals surface area contributed by atoms with Gasteiger partial charge in [-0.1, -0.05) is 47.0 Å². The van der Waals surface area contributed by atoms with Gasteiger partial charge in [0.15, 0.2) is 0 Å². The number of rotatable bonds is 7. The van der Waals surface area contributed by atoms with Gasteiger partial charge in [-0.25, -0.2) is 0 Å². The lowest BCUT2D eigenvalue weighted by Crippen LogP contribution is -2.58. The molecule has 0 radical (unpaired) electrons. The van der Waals surface area contributed by atoms with Crippen LogP contribution >= 0.6 is 0 Å². The Morgan fingerprint density at radius 3 is 2.56 bits per heavy atom. The van der Waals surface area contributed by atoms with Crippen LogP contribution in [0.2, 0.25) is 0 Å². The highest BCUT2D eigenvalue weighted by Crippen LogP contribution is 2.20. The predicted molar refractivity (Wildman–Crippen MR) is 81.0 cm³/mol. The molecule has 3 unspecified atom stereocenters. The third-order valence-electron chi connectivity index (χ3n) is 4.46. The van der Waals surface area contributed by atoms with Crippen molar-refractivity contribution in [3.63, 3.8) is 0 Å². The summed E-state index contributed by atoms with van der Waals surface area (Å²) in [4.78, 5) is 2.76. The van der Waals surface area contributed by atoms with E-state index in [2.05, 4.69) is 44.8 Å². The molecule has 0 aromatic carbocycles. The first-order chi connectivity index (χ1) is 8.58. The summed E-state index contributed by atoms with van der Waals surface area (Å²) in [5.41, 5.74) is 0. The number of hydrogen-bond donors (Lipinski definition) is 1. The van der Waals surface area contributed by atoms with E-state index in [4.69, 9.17) is 0 Å². The summed E-state index contributed by atoms with van der Waals surface area (Å²) in [5.74, 6) is 1.66. The highest BCUT2D eigenvalue weighted by atomic mass is 15.2. The largest absolute Gasteiger partial charge is 0.311 e. The molecule has 3 atom stereocenters. The minimum atomic E-state index is 0.656. The van der Waals surface area contributed by atoms with E-state index in [9.17, 15) is 0 Å². The van der Waals surface area contributed by atoms with Gasteiger partial charge in [0, 0.05) is 31.7 Å². The van der Waals surface area contributed by atoms with E-state index in [0.29, 0.717) is 6.04 Å². The third-order valence-corrected chi connectivity index (χ3v) is 4.46. The molecular weight excluding hydrogens is 220 g/mol. The second-order valence-corrected chi connectivity index (χ2v) is 6.49. The quantitative estimate of drug-likeness (QED) is 0.748. The molecule has 1 N–H and O–H groups in total. The number of unbranched alkanes of at least 4 members (excludes halogenated alkanes) is 1. The first-order valence-corrected chi connectivity index (χ1v) is 8.05. The fourth-order valence-electron chi connectivity index (χ4n) is 3.12. The van der Waals surface area contributed by atoms with E-state index < -0.39 is 0 Å². The Morgan fingerprint density at radius 2 is 2.00 bits per heavy atom. The maximum atomic E-state index is 3.64. The van der Waals surface area contributed by atoms with Crippen molar-refractivity contribution in [3.8, 4) is 0 Å². The second-order valence-electron chi connectivity index (χ2n) is 6.49. The summed E-state index contributed by atoms with van der Waals surface area (Å²) in [7, 11) is 0. The van der Waals surface area contributed by atoms with Gasteiger partial charge in [-0.15, -0.1) is 0 Å². The predicted octanol–water partition coefficient (Wildman–Crippen LogP) is 3.52. The van der Waals surface area contributed by atoms with Crippen molar-refractivity contribution >= 4 is 0 Å². The molecule has 0 aliphatic carbocycles. The van der Waals surface area contributed by atoms with Crippen LogP contribution in [0.4, 0.5) is 0 Å². The first kappa shape index (κ1) is 16.0. The Bertz CT molecular complexity index is 215. The van der Waals surface area contributed by atoms with Crippen molar-refractivity contribution in [1.29, 1.82) is 0 Å². The van der Waals surface area contributed by atoms with Crippen LogP contribution in [0.1, 0.15) is 60.3 Å². The van der Waals surface area contributed by atoms with Gasteiger partial charge in [0.05, 0.1) is 0 Å². The Kier molecular flexibility index (Phi) is 7.25. The van der Waals surface area contributed by atoms with E-state index >= 15 is 0 Å². The summed E-state index contributed by atoms with van der Waals surface area (Å²) in [5, 5.41) is 3.64. The standard InChI is InChI=1S/C16H34N2/c1-6-8-9-15(7-2)12-18-11-14(5)17-10-16(18)13(3)4/h13-17H,6-12H2,1-5H3. The molecule has 108 valence electrons. The van der Waals surface area contributed by atoms with Crippen LogP contribution < -0.4 is 5.32 Å². The summed E-state index contributed by atoms with van der Waals surface area (Å²) >= 11 is 0. The molecular formula is C16H34N2. The molecule has 0 amide bonds. The first-order valence-electron chi connectivity index (χ1n) is 8.05. The fraction of sp³-hybridized carbons (Fsp3) is 1.00. The Hall–Kier alpha value is -0.0800. The summed E-state index contributed by atoms with van der Waals surface area (Å²) in [6, 6.07) is 1.39. The zero-order valence-electron chi connectivity index (χ0n) is 13.2. The highest BCUT2D eigenvalue weighted by Gasteiger charge is 2.29. The van der Waals surface area contributed by atoms with Crippen LogP contribution in [0.3, 0.4) is 0 Å². The maximum Gasteiger partial charge on any atom is 0.0244 e. The fourth-order valence-corrected chi connectivity index (χ4v) is 3.12. The molecule has 0 saturated carbocycles. The molecule has 2 nitrogen and oxygen atoms in total. The van der Waals surface area contributed by atoms with E-state index in [-0.39, 0.29) is 0 Å². The van der Waals surface area contributed by atoms with Crippen LogP contribution in [0.15, 0.2) is 0 Å². The van der Waals surface area contributed by atoms with Gasteiger partial charge in [0.2, 0.25) is 0 Å². The molecule has 1 fully saturated rings. The van der Waals surface area contributed by atoms with Gasteiger partial charge >= 0.3 is 0 Å². The second kappa shape index (κ2) is 8.16. The number of piperazine rings is 1. The summed E-state index contributed by atoms with van der Waals surface area (Å²) in [6.45, 7) is 15.4. The minimum Gasteiger partial charge on any atom is -0.311 e. The molecule has 1 heterocycles. The number of nitrogens with one attached hydrogen (secondary N) is 1. The van der Waals surface area contributed by atoms with Crippen molar-refractivity contribution < 1.29 is 0 Å². The van der Waals surface area contributed by atoms with Crippen LogP contribution in [-0.2, 0) is 0 Å². The van der Waals surface area contributed by atoms with Crippen molar-refractivity contribution in [2.45, 2.75) is 72.4 Å². The van der Waals surface area contributed by atoms with Gasteiger partial charge in [-0.2, -0.15) is 0 Å². The van der Waals surface area contributed by atoms with Gasteiger partial charge in [-0.3, -0.25) is 4.90 Å². The van der Waals surface area contributed by atoms with Crippen LogP contribution in [-0.4, -0.2) is 36.6 Å². The van der Waals surface area contributed by atoms with Crippen LogP contribution in [0.5, 0.6) is 0 Å². The molecule has 1 rings (SSSR count).